The van der Waals surface area contributed by atoms with Gasteiger partial charge in [0.2, 0.25) is 0 Å². The van der Waals surface area contributed by atoms with Crippen molar-refractivity contribution in [2.24, 2.45) is 4.99 Å². The molecule has 2 N–H and O–H groups in total. The summed E-state index contributed by atoms with van der Waals surface area (Å²) in [7, 11) is 1.74. The van der Waals surface area contributed by atoms with Gasteiger partial charge < -0.3 is 19.9 Å². The van der Waals surface area contributed by atoms with E-state index in [1.165, 1.54) is 5.56 Å². The second-order valence-electron chi connectivity index (χ2n) is 6.25. The Morgan fingerprint density at radius 2 is 2.04 bits per heavy atom. The summed E-state index contributed by atoms with van der Waals surface area (Å²) in [5.74, 6) is 2.86. The zero-order valence-electron chi connectivity index (χ0n) is 16.2. The lowest BCUT2D eigenvalue weighted by Crippen LogP contribution is -2.38. The molecule has 0 unspecified atom stereocenters. The Kier molecular flexibility index (Phi) is 7.99. The molecule has 6 heteroatoms. The van der Waals surface area contributed by atoms with Crippen LogP contribution in [0.5, 0.6) is 5.75 Å². The molecule has 0 aliphatic heterocycles. The standard InChI is InChI=1S/C20H30N4O2/c1-5-16(6-2)19-13-18(26-24-19)14-23-20(21-4)22-10-11-25-17-9-7-8-15(3)12-17/h7-9,12-13,16H,5-6,10-11,14H2,1-4H3,(H2,21,22,23). The third kappa shape index (κ3) is 6.10. The van der Waals surface area contributed by atoms with Crippen LogP contribution in [-0.4, -0.2) is 31.3 Å². The molecule has 0 atom stereocenters. The molecule has 26 heavy (non-hydrogen) atoms. The maximum absolute atomic E-state index is 5.73. The van der Waals surface area contributed by atoms with E-state index >= 15 is 0 Å². The molecule has 1 heterocycles. The molecular formula is C20H30N4O2. The fourth-order valence-corrected chi connectivity index (χ4v) is 2.75. The number of nitrogens with zero attached hydrogens (tertiary/aromatic N) is 2. The second-order valence-corrected chi connectivity index (χ2v) is 6.25. The van der Waals surface area contributed by atoms with Crippen LogP contribution in [0, 0.1) is 6.92 Å². The third-order valence-corrected chi connectivity index (χ3v) is 4.29. The van der Waals surface area contributed by atoms with Gasteiger partial charge in [0.05, 0.1) is 18.8 Å². The van der Waals surface area contributed by atoms with Crippen LogP contribution in [0.25, 0.3) is 0 Å². The van der Waals surface area contributed by atoms with Crippen molar-refractivity contribution in [3.63, 3.8) is 0 Å². The van der Waals surface area contributed by atoms with E-state index in [0.29, 0.717) is 31.6 Å². The molecule has 0 saturated carbocycles. The lowest BCUT2D eigenvalue weighted by molar-refractivity contribution is 0.321. The molecule has 1 aromatic heterocycles. The van der Waals surface area contributed by atoms with Gasteiger partial charge in [-0.15, -0.1) is 0 Å². The van der Waals surface area contributed by atoms with Crippen LogP contribution < -0.4 is 15.4 Å². The predicted molar refractivity (Wildman–Crippen MR) is 105 cm³/mol. The minimum Gasteiger partial charge on any atom is -0.492 e. The molecule has 1 aromatic carbocycles. The summed E-state index contributed by atoms with van der Waals surface area (Å²) in [6, 6.07) is 10.1. The molecule has 0 radical (unpaired) electrons. The lowest BCUT2D eigenvalue weighted by atomic mass is 9.99. The van der Waals surface area contributed by atoms with Gasteiger partial charge in [0.1, 0.15) is 12.4 Å². The Morgan fingerprint density at radius 3 is 2.73 bits per heavy atom. The summed E-state index contributed by atoms with van der Waals surface area (Å²) in [6.45, 7) is 8.16. The lowest BCUT2D eigenvalue weighted by Gasteiger charge is -2.11. The Labute approximate surface area is 156 Å². The summed E-state index contributed by atoms with van der Waals surface area (Å²) in [6.07, 6.45) is 2.14. The van der Waals surface area contributed by atoms with Crippen molar-refractivity contribution in [1.82, 2.24) is 15.8 Å². The first-order valence-electron chi connectivity index (χ1n) is 9.25. The molecule has 0 fully saturated rings. The molecule has 2 rings (SSSR count). The number of nitrogens with one attached hydrogen (secondary N) is 2. The highest BCUT2D eigenvalue weighted by Gasteiger charge is 2.13. The number of hydrogen-bond acceptors (Lipinski definition) is 4. The van der Waals surface area contributed by atoms with E-state index in [1.54, 1.807) is 7.05 Å². The number of aromatic nitrogens is 1. The van der Waals surface area contributed by atoms with Crippen molar-refractivity contribution in [2.45, 2.75) is 46.1 Å². The van der Waals surface area contributed by atoms with E-state index in [9.17, 15) is 0 Å². The predicted octanol–water partition coefficient (Wildman–Crippen LogP) is 3.63. The van der Waals surface area contributed by atoms with Crippen molar-refractivity contribution in [2.75, 3.05) is 20.2 Å². The fourth-order valence-electron chi connectivity index (χ4n) is 2.75. The monoisotopic (exact) mass is 358 g/mol. The zero-order chi connectivity index (χ0) is 18.8. The summed E-state index contributed by atoms with van der Waals surface area (Å²) in [5.41, 5.74) is 2.22. The van der Waals surface area contributed by atoms with E-state index in [0.717, 1.165) is 30.0 Å². The molecular weight excluding hydrogens is 328 g/mol. The highest BCUT2D eigenvalue weighted by Crippen LogP contribution is 2.22. The largest absolute Gasteiger partial charge is 0.492 e. The van der Waals surface area contributed by atoms with E-state index in [-0.39, 0.29) is 0 Å². The summed E-state index contributed by atoms with van der Waals surface area (Å²) in [4.78, 5) is 4.21. The van der Waals surface area contributed by atoms with Gasteiger partial charge in [-0.05, 0) is 37.5 Å². The van der Waals surface area contributed by atoms with Crippen LogP contribution in [0.15, 0.2) is 39.8 Å². The second kappa shape index (κ2) is 10.5. The van der Waals surface area contributed by atoms with Gasteiger partial charge in [-0.1, -0.05) is 31.1 Å². The van der Waals surface area contributed by atoms with Crippen molar-refractivity contribution in [1.29, 1.82) is 0 Å². The molecule has 0 aliphatic carbocycles. The highest BCUT2D eigenvalue weighted by molar-refractivity contribution is 5.79. The Balaban J connectivity index is 1.72. The SMILES string of the molecule is CCC(CC)c1cc(CNC(=NC)NCCOc2cccc(C)c2)on1. The molecule has 0 amide bonds. The van der Waals surface area contributed by atoms with Gasteiger partial charge in [-0.25, -0.2) is 0 Å². The number of rotatable bonds is 9. The van der Waals surface area contributed by atoms with Gasteiger partial charge in [0, 0.05) is 19.0 Å². The Morgan fingerprint density at radius 1 is 1.23 bits per heavy atom. The van der Waals surface area contributed by atoms with E-state index < -0.39 is 0 Å². The minimum atomic E-state index is 0.462. The van der Waals surface area contributed by atoms with Crippen molar-refractivity contribution >= 4 is 5.96 Å². The molecule has 6 nitrogen and oxygen atoms in total. The number of guanidine groups is 1. The normalized spacial score (nSPS) is 11.7. The number of benzene rings is 1. The Bertz CT molecular complexity index is 693. The first-order chi connectivity index (χ1) is 12.7. The smallest absolute Gasteiger partial charge is 0.191 e. The maximum Gasteiger partial charge on any atom is 0.191 e. The van der Waals surface area contributed by atoms with Crippen LogP contribution in [-0.2, 0) is 6.54 Å². The summed E-state index contributed by atoms with van der Waals surface area (Å²) in [5, 5.41) is 10.6. The van der Waals surface area contributed by atoms with Gasteiger partial charge in [-0.3, -0.25) is 4.99 Å². The number of hydrogen-bond donors (Lipinski definition) is 2. The first kappa shape index (κ1) is 19.8. The van der Waals surface area contributed by atoms with E-state index in [2.05, 4.69) is 47.6 Å². The van der Waals surface area contributed by atoms with Crippen LogP contribution in [0.4, 0.5) is 0 Å². The van der Waals surface area contributed by atoms with Crippen molar-refractivity contribution in [3.8, 4) is 5.75 Å². The molecule has 0 spiro atoms. The summed E-state index contributed by atoms with van der Waals surface area (Å²) >= 11 is 0. The fraction of sp³-hybridized carbons (Fsp3) is 0.500. The van der Waals surface area contributed by atoms with Gasteiger partial charge >= 0.3 is 0 Å². The number of aliphatic imine (C=N–C) groups is 1. The molecule has 2 aromatic rings. The average Bonchev–Trinajstić information content (AvgIpc) is 3.11. The number of aryl methyl sites for hydroxylation is 1. The summed E-state index contributed by atoms with van der Waals surface area (Å²) < 4.78 is 11.1. The third-order valence-electron chi connectivity index (χ3n) is 4.29. The number of ether oxygens (including phenoxy) is 1. The highest BCUT2D eigenvalue weighted by atomic mass is 16.5. The van der Waals surface area contributed by atoms with Gasteiger partial charge in [-0.2, -0.15) is 0 Å². The van der Waals surface area contributed by atoms with Crippen molar-refractivity contribution in [3.05, 3.63) is 47.3 Å². The molecule has 0 bridgehead atoms. The molecule has 0 saturated heterocycles. The minimum absolute atomic E-state index is 0.462. The zero-order valence-corrected chi connectivity index (χ0v) is 16.2. The van der Waals surface area contributed by atoms with Crippen molar-refractivity contribution < 1.29 is 9.26 Å². The van der Waals surface area contributed by atoms with Crippen LogP contribution >= 0.6 is 0 Å². The van der Waals surface area contributed by atoms with E-state index in [4.69, 9.17) is 9.26 Å². The van der Waals surface area contributed by atoms with E-state index in [1.807, 2.05) is 24.3 Å². The average molecular weight is 358 g/mol. The molecule has 0 aliphatic rings. The maximum atomic E-state index is 5.73. The van der Waals surface area contributed by atoms with Gasteiger partial charge in [0.15, 0.2) is 11.7 Å². The quantitative estimate of drug-likeness (QED) is 0.407. The molecule has 142 valence electrons. The topological polar surface area (TPSA) is 71.7 Å². The van der Waals surface area contributed by atoms with Crippen LogP contribution in [0.3, 0.4) is 0 Å². The van der Waals surface area contributed by atoms with Crippen LogP contribution in [0.2, 0.25) is 0 Å². The van der Waals surface area contributed by atoms with Gasteiger partial charge in [0.25, 0.3) is 0 Å². The Hall–Kier alpha value is -2.50. The van der Waals surface area contributed by atoms with Crippen LogP contribution in [0.1, 0.15) is 49.6 Å². The first-order valence-corrected chi connectivity index (χ1v) is 9.25.